The van der Waals surface area contributed by atoms with Crippen molar-refractivity contribution in [2.24, 2.45) is 0 Å². The van der Waals surface area contributed by atoms with Crippen molar-refractivity contribution in [1.29, 1.82) is 0 Å². The lowest BCUT2D eigenvalue weighted by atomic mass is 10.4. The van der Waals surface area contributed by atoms with Crippen molar-refractivity contribution in [3.8, 4) is 0 Å². The van der Waals surface area contributed by atoms with Crippen LogP contribution in [0, 0.1) is 18.6 Å². The third-order valence-corrected chi connectivity index (χ3v) is 2.54. The van der Waals surface area contributed by atoms with E-state index in [1.54, 1.807) is 6.92 Å². The number of fused-ring (bicyclic) bond motifs is 1. The van der Waals surface area contributed by atoms with Gasteiger partial charge in [-0.15, -0.1) is 11.3 Å². The average Bonchev–Trinajstić information content (AvgIpc) is 2.43. The van der Waals surface area contributed by atoms with E-state index in [-0.39, 0.29) is 10.3 Å². The summed E-state index contributed by atoms with van der Waals surface area (Å²) in [6.07, 6.45) is 0.920. The molecule has 1 nitrogen and oxygen atoms in total. The van der Waals surface area contributed by atoms with Crippen LogP contribution in [0.2, 0.25) is 0 Å². The normalized spacial score (nSPS) is 11.2. The first-order chi connectivity index (χ1) is 5.20. The molecule has 0 saturated heterocycles. The fraction of sp³-hybridized carbons (Fsp3) is 0.143. The van der Waals surface area contributed by atoms with Gasteiger partial charge in [0, 0.05) is 4.88 Å². The van der Waals surface area contributed by atoms with Crippen LogP contribution in [-0.2, 0) is 0 Å². The van der Waals surface area contributed by atoms with Gasteiger partial charge in [0.25, 0.3) is 0 Å². The molecule has 0 atom stereocenters. The number of thiophene rings is 1. The molecule has 0 spiro atoms. The smallest absolute Gasteiger partial charge is 0.183 e. The highest BCUT2D eigenvalue weighted by atomic mass is 32.1. The minimum Gasteiger partial charge on any atom is -0.457 e. The molecule has 0 fully saturated rings. The van der Waals surface area contributed by atoms with E-state index in [0.29, 0.717) is 4.88 Å². The molecule has 11 heavy (non-hydrogen) atoms. The summed E-state index contributed by atoms with van der Waals surface area (Å²) < 4.78 is 30.5. The number of aryl methyl sites for hydroxylation is 1. The second-order valence-corrected chi connectivity index (χ2v) is 3.44. The van der Waals surface area contributed by atoms with E-state index in [1.807, 2.05) is 0 Å². The number of hydrogen-bond acceptors (Lipinski definition) is 2. The Morgan fingerprint density at radius 1 is 1.45 bits per heavy atom. The Morgan fingerprint density at radius 2 is 2.18 bits per heavy atom. The van der Waals surface area contributed by atoms with Gasteiger partial charge in [-0.3, -0.25) is 0 Å². The van der Waals surface area contributed by atoms with E-state index in [0.717, 1.165) is 17.6 Å². The van der Waals surface area contributed by atoms with Gasteiger partial charge >= 0.3 is 0 Å². The molecule has 0 unspecified atom stereocenters. The van der Waals surface area contributed by atoms with Crippen LogP contribution >= 0.6 is 11.3 Å². The minimum atomic E-state index is -0.489. The fourth-order valence-corrected chi connectivity index (χ4v) is 1.79. The van der Waals surface area contributed by atoms with E-state index in [1.165, 1.54) is 0 Å². The van der Waals surface area contributed by atoms with Crippen molar-refractivity contribution in [2.45, 2.75) is 6.92 Å². The molecule has 0 amide bonds. The zero-order valence-corrected chi connectivity index (χ0v) is 6.47. The molecule has 0 radical (unpaired) electrons. The predicted octanol–water partition coefficient (Wildman–Crippen LogP) is 3.08. The Morgan fingerprint density at radius 3 is 2.82 bits per heavy atom. The SMILES string of the molecule is Cc1sc2c(F)coc2c1F. The monoisotopic (exact) mass is 174 g/mol. The lowest BCUT2D eigenvalue weighted by Gasteiger charge is -1.79. The van der Waals surface area contributed by atoms with Gasteiger partial charge in [-0.1, -0.05) is 0 Å². The Hall–Kier alpha value is -0.900. The average molecular weight is 174 g/mol. The Labute approximate surface area is 65.2 Å². The quantitative estimate of drug-likeness (QED) is 0.598. The molecule has 0 N–H and O–H groups in total. The van der Waals surface area contributed by atoms with Gasteiger partial charge < -0.3 is 4.42 Å². The van der Waals surface area contributed by atoms with E-state index >= 15 is 0 Å². The standard InChI is InChI=1S/C7H4F2OS/c1-3-5(9)6-7(11-3)4(8)2-10-6/h2H,1H3. The molecule has 0 aromatic carbocycles. The highest BCUT2D eigenvalue weighted by molar-refractivity contribution is 7.19. The third-order valence-electron chi connectivity index (χ3n) is 1.47. The number of hydrogen-bond donors (Lipinski definition) is 0. The maximum atomic E-state index is 12.9. The van der Waals surface area contributed by atoms with Gasteiger partial charge in [0.1, 0.15) is 11.0 Å². The lowest BCUT2D eigenvalue weighted by molar-refractivity contribution is 0.534. The first-order valence-electron chi connectivity index (χ1n) is 3.01. The van der Waals surface area contributed by atoms with E-state index in [4.69, 9.17) is 0 Å². The zero-order valence-electron chi connectivity index (χ0n) is 5.65. The Bertz CT molecular complexity index is 402. The maximum Gasteiger partial charge on any atom is 0.183 e. The molecule has 2 rings (SSSR count). The Kier molecular flexibility index (Phi) is 1.26. The summed E-state index contributed by atoms with van der Waals surface area (Å²) in [5.41, 5.74) is 0.0324. The van der Waals surface area contributed by atoms with Gasteiger partial charge in [-0.05, 0) is 6.92 Å². The van der Waals surface area contributed by atoms with Crippen LogP contribution in [0.1, 0.15) is 4.88 Å². The maximum absolute atomic E-state index is 12.9. The first kappa shape index (κ1) is 6.79. The summed E-state index contributed by atoms with van der Waals surface area (Å²) in [5, 5.41) is 0. The molecule has 58 valence electrons. The molecular weight excluding hydrogens is 170 g/mol. The van der Waals surface area contributed by atoms with Crippen LogP contribution in [0.3, 0.4) is 0 Å². The summed E-state index contributed by atoms with van der Waals surface area (Å²) in [5.74, 6) is -0.939. The fourth-order valence-electron chi connectivity index (χ4n) is 0.930. The predicted molar refractivity (Wildman–Crippen MR) is 38.7 cm³/mol. The van der Waals surface area contributed by atoms with Gasteiger partial charge in [0.2, 0.25) is 0 Å². The van der Waals surface area contributed by atoms with Crippen LogP contribution in [0.5, 0.6) is 0 Å². The molecule has 0 bridgehead atoms. The van der Waals surface area contributed by atoms with Crippen molar-refractivity contribution in [1.82, 2.24) is 0 Å². The zero-order chi connectivity index (χ0) is 8.01. The molecule has 0 aliphatic heterocycles. The van der Waals surface area contributed by atoms with Crippen LogP contribution in [0.15, 0.2) is 10.7 Å². The molecule has 0 aliphatic rings. The summed E-state index contributed by atoms with van der Waals surface area (Å²) in [4.78, 5) is 0.457. The molecule has 0 aliphatic carbocycles. The van der Waals surface area contributed by atoms with Crippen LogP contribution in [0.25, 0.3) is 10.3 Å². The van der Waals surface area contributed by atoms with Gasteiger partial charge in [0.15, 0.2) is 17.2 Å². The van der Waals surface area contributed by atoms with E-state index in [2.05, 4.69) is 4.42 Å². The summed E-state index contributed by atoms with van der Waals surface area (Å²) in [6, 6.07) is 0. The van der Waals surface area contributed by atoms with Crippen LogP contribution < -0.4 is 0 Å². The summed E-state index contributed by atoms with van der Waals surface area (Å²) in [7, 11) is 0. The second-order valence-electron chi connectivity index (χ2n) is 2.21. The third kappa shape index (κ3) is 0.790. The molecule has 4 heteroatoms. The number of halogens is 2. The lowest BCUT2D eigenvalue weighted by Crippen LogP contribution is -1.66. The topological polar surface area (TPSA) is 13.1 Å². The summed E-state index contributed by atoms with van der Waals surface area (Å²) in [6.45, 7) is 1.59. The molecule has 0 saturated carbocycles. The van der Waals surface area contributed by atoms with Crippen molar-refractivity contribution in [3.05, 3.63) is 22.8 Å². The van der Waals surface area contributed by atoms with Crippen LogP contribution in [0.4, 0.5) is 8.78 Å². The number of furan rings is 1. The molecular formula is C7H4F2OS. The van der Waals surface area contributed by atoms with Crippen LogP contribution in [-0.4, -0.2) is 0 Å². The molecule has 2 aromatic rings. The first-order valence-corrected chi connectivity index (χ1v) is 3.83. The highest BCUT2D eigenvalue weighted by Crippen LogP contribution is 2.32. The van der Waals surface area contributed by atoms with E-state index < -0.39 is 11.6 Å². The largest absolute Gasteiger partial charge is 0.457 e. The molecule has 2 heterocycles. The van der Waals surface area contributed by atoms with Crippen molar-refractivity contribution in [2.75, 3.05) is 0 Å². The van der Waals surface area contributed by atoms with Gasteiger partial charge in [0.05, 0.1) is 0 Å². The highest BCUT2D eigenvalue weighted by Gasteiger charge is 2.15. The summed E-state index contributed by atoms with van der Waals surface area (Å²) >= 11 is 1.07. The molecule has 2 aromatic heterocycles. The van der Waals surface area contributed by atoms with Crippen molar-refractivity contribution < 1.29 is 13.2 Å². The van der Waals surface area contributed by atoms with E-state index in [9.17, 15) is 8.78 Å². The van der Waals surface area contributed by atoms with Gasteiger partial charge in [-0.25, -0.2) is 8.78 Å². The second kappa shape index (κ2) is 2.04. The minimum absolute atomic E-state index is 0.0324. The van der Waals surface area contributed by atoms with Crippen molar-refractivity contribution >= 4 is 21.6 Å². The Balaban J connectivity index is 2.93. The van der Waals surface area contributed by atoms with Gasteiger partial charge in [-0.2, -0.15) is 0 Å². The van der Waals surface area contributed by atoms with Crippen molar-refractivity contribution in [3.63, 3.8) is 0 Å². The number of rotatable bonds is 0.